The molecule has 24 heavy (non-hydrogen) atoms. The number of hydrogen-bond donors (Lipinski definition) is 1. The Balaban J connectivity index is 1.68. The first-order valence-corrected chi connectivity index (χ1v) is 9.24. The van der Waals surface area contributed by atoms with Gasteiger partial charge in [0.2, 0.25) is 0 Å². The minimum atomic E-state index is 0.00320. The second-order valence-electron chi connectivity index (χ2n) is 6.25. The molecule has 2 aromatic heterocycles. The summed E-state index contributed by atoms with van der Waals surface area (Å²) in [5.41, 5.74) is 0.532. The molecule has 1 N–H and O–H groups in total. The molecule has 130 valence electrons. The van der Waals surface area contributed by atoms with Crippen LogP contribution in [0, 0.1) is 6.92 Å². The Morgan fingerprint density at radius 3 is 2.83 bits per heavy atom. The molecule has 0 spiro atoms. The Labute approximate surface area is 146 Å². The fourth-order valence-electron chi connectivity index (χ4n) is 3.18. The van der Waals surface area contributed by atoms with Gasteiger partial charge in [-0.25, -0.2) is 9.97 Å². The lowest BCUT2D eigenvalue weighted by Gasteiger charge is -2.36. The summed E-state index contributed by atoms with van der Waals surface area (Å²) in [4.78, 5) is 26.7. The van der Waals surface area contributed by atoms with E-state index in [1.54, 1.807) is 0 Å². The molecule has 0 atom stereocenters. The summed E-state index contributed by atoms with van der Waals surface area (Å²) in [6.45, 7) is 7.42. The third-order valence-corrected chi connectivity index (χ3v) is 5.56. The van der Waals surface area contributed by atoms with Crippen LogP contribution in [-0.4, -0.2) is 68.6 Å². The van der Waals surface area contributed by atoms with Crippen molar-refractivity contribution in [3.05, 3.63) is 16.9 Å². The predicted molar refractivity (Wildman–Crippen MR) is 94.1 cm³/mol. The van der Waals surface area contributed by atoms with Crippen molar-refractivity contribution in [3.8, 4) is 10.8 Å². The van der Waals surface area contributed by atoms with Gasteiger partial charge in [0.05, 0.1) is 0 Å². The summed E-state index contributed by atoms with van der Waals surface area (Å²) < 4.78 is 0. The Kier molecular flexibility index (Phi) is 5.25. The Bertz CT molecular complexity index is 675. The number of nitrogens with one attached hydrogen (secondary N) is 1. The Hall–Kier alpha value is -1.80. The molecule has 0 unspecified atom stereocenters. The zero-order chi connectivity index (χ0) is 17.1. The zero-order valence-electron chi connectivity index (χ0n) is 14.4. The number of thiazole rings is 1. The standard InChI is InChI=1S/C16H24N6OS/c1-4-7-22-8-5-12(6-9-22)21(3)16(23)13-11(2)24-15(19-13)14-17-10-18-20-14/h10,12H,4-9H2,1-3H3,(H,17,18,20). The van der Waals surface area contributed by atoms with Gasteiger partial charge in [-0.2, -0.15) is 5.10 Å². The van der Waals surface area contributed by atoms with Crippen molar-refractivity contribution >= 4 is 17.2 Å². The number of aromatic amines is 1. The second-order valence-corrected chi connectivity index (χ2v) is 7.45. The Morgan fingerprint density at radius 2 is 2.21 bits per heavy atom. The summed E-state index contributed by atoms with van der Waals surface area (Å²) in [7, 11) is 1.90. The second kappa shape index (κ2) is 7.40. The molecule has 1 aliphatic rings. The topological polar surface area (TPSA) is 78.0 Å². The van der Waals surface area contributed by atoms with Gasteiger partial charge in [-0.3, -0.25) is 9.89 Å². The van der Waals surface area contributed by atoms with Gasteiger partial charge in [0.25, 0.3) is 5.91 Å². The fourth-order valence-corrected chi connectivity index (χ4v) is 4.04. The highest BCUT2D eigenvalue weighted by Gasteiger charge is 2.28. The number of aryl methyl sites for hydroxylation is 1. The van der Waals surface area contributed by atoms with Crippen LogP contribution in [0.3, 0.4) is 0 Å². The molecule has 3 heterocycles. The van der Waals surface area contributed by atoms with Crippen LogP contribution in [0.5, 0.6) is 0 Å². The number of carbonyl (C=O) groups is 1. The van der Waals surface area contributed by atoms with Gasteiger partial charge in [0, 0.05) is 31.1 Å². The van der Waals surface area contributed by atoms with Crippen LogP contribution in [0.1, 0.15) is 41.6 Å². The third kappa shape index (κ3) is 3.49. The molecular weight excluding hydrogens is 324 g/mol. The highest BCUT2D eigenvalue weighted by Crippen LogP contribution is 2.26. The van der Waals surface area contributed by atoms with Crippen LogP contribution < -0.4 is 0 Å². The first-order valence-electron chi connectivity index (χ1n) is 8.42. The van der Waals surface area contributed by atoms with E-state index < -0.39 is 0 Å². The van der Waals surface area contributed by atoms with Crippen molar-refractivity contribution < 1.29 is 4.79 Å². The number of nitrogens with zero attached hydrogens (tertiary/aromatic N) is 5. The highest BCUT2D eigenvalue weighted by molar-refractivity contribution is 7.15. The van der Waals surface area contributed by atoms with Gasteiger partial charge in [0.1, 0.15) is 12.0 Å². The zero-order valence-corrected chi connectivity index (χ0v) is 15.3. The SMILES string of the molecule is CCCN1CCC(N(C)C(=O)c2nc(-c3ncn[nH]3)sc2C)CC1. The summed E-state index contributed by atoms with van der Waals surface area (Å²) in [6.07, 6.45) is 4.69. The lowest BCUT2D eigenvalue weighted by Crippen LogP contribution is -2.45. The molecule has 7 nitrogen and oxygen atoms in total. The number of aromatic nitrogens is 4. The lowest BCUT2D eigenvalue weighted by molar-refractivity contribution is 0.0637. The lowest BCUT2D eigenvalue weighted by atomic mass is 10.0. The van der Waals surface area contributed by atoms with Gasteiger partial charge < -0.3 is 9.80 Å². The number of rotatable bonds is 5. The van der Waals surface area contributed by atoms with Gasteiger partial charge in [-0.1, -0.05) is 6.92 Å². The number of amides is 1. The third-order valence-electron chi connectivity index (χ3n) is 4.58. The highest BCUT2D eigenvalue weighted by atomic mass is 32.1. The number of piperidine rings is 1. The van der Waals surface area contributed by atoms with E-state index in [1.807, 2.05) is 18.9 Å². The number of H-pyrrole nitrogens is 1. The summed E-state index contributed by atoms with van der Waals surface area (Å²) in [6, 6.07) is 0.292. The predicted octanol–water partition coefficient (Wildman–Crippen LogP) is 2.18. The average molecular weight is 348 g/mol. The van der Waals surface area contributed by atoms with Crippen LogP contribution in [0.4, 0.5) is 0 Å². The first kappa shape index (κ1) is 17.0. The van der Waals surface area contributed by atoms with Crippen LogP contribution in [0.25, 0.3) is 10.8 Å². The maximum Gasteiger partial charge on any atom is 0.273 e. The largest absolute Gasteiger partial charge is 0.337 e. The van der Waals surface area contributed by atoms with Crippen molar-refractivity contribution in [3.63, 3.8) is 0 Å². The summed E-state index contributed by atoms with van der Waals surface area (Å²) in [5, 5.41) is 7.35. The van der Waals surface area contributed by atoms with Crippen LogP contribution in [0.15, 0.2) is 6.33 Å². The van der Waals surface area contributed by atoms with Crippen LogP contribution >= 0.6 is 11.3 Å². The van der Waals surface area contributed by atoms with Crippen molar-refractivity contribution in [2.24, 2.45) is 0 Å². The first-order chi connectivity index (χ1) is 11.6. The summed E-state index contributed by atoms with van der Waals surface area (Å²) in [5.74, 6) is 0.612. The number of hydrogen-bond acceptors (Lipinski definition) is 6. The van der Waals surface area contributed by atoms with Crippen molar-refractivity contribution in [2.75, 3.05) is 26.7 Å². The van der Waals surface area contributed by atoms with E-state index in [1.165, 1.54) is 24.1 Å². The molecule has 0 radical (unpaired) electrons. The van der Waals surface area contributed by atoms with E-state index in [4.69, 9.17) is 0 Å². The average Bonchev–Trinajstić information content (AvgIpc) is 3.24. The molecule has 0 saturated carbocycles. The number of likely N-dealkylation sites (tertiary alicyclic amines) is 1. The Morgan fingerprint density at radius 1 is 1.46 bits per heavy atom. The van der Waals surface area contributed by atoms with Gasteiger partial charge in [-0.05, 0) is 32.7 Å². The quantitative estimate of drug-likeness (QED) is 0.896. The maximum absolute atomic E-state index is 12.9. The smallest absolute Gasteiger partial charge is 0.273 e. The summed E-state index contributed by atoms with van der Waals surface area (Å²) >= 11 is 1.47. The number of carbonyl (C=O) groups excluding carboxylic acids is 1. The van der Waals surface area contributed by atoms with Gasteiger partial charge >= 0.3 is 0 Å². The molecule has 8 heteroatoms. The van der Waals surface area contributed by atoms with E-state index in [0.717, 1.165) is 37.4 Å². The van der Waals surface area contributed by atoms with Gasteiger partial charge in [0.15, 0.2) is 10.8 Å². The molecular formula is C16H24N6OS. The normalized spacial score (nSPS) is 16.5. The molecule has 1 fully saturated rings. The van der Waals surface area contributed by atoms with E-state index >= 15 is 0 Å². The van der Waals surface area contributed by atoms with E-state index in [9.17, 15) is 4.79 Å². The molecule has 0 aliphatic carbocycles. The van der Waals surface area contributed by atoms with E-state index in [0.29, 0.717) is 22.6 Å². The molecule has 1 amide bonds. The minimum absolute atomic E-state index is 0.00320. The van der Waals surface area contributed by atoms with Crippen molar-refractivity contribution in [1.29, 1.82) is 0 Å². The van der Waals surface area contributed by atoms with E-state index in [-0.39, 0.29) is 5.91 Å². The maximum atomic E-state index is 12.9. The molecule has 1 saturated heterocycles. The molecule has 1 aliphatic heterocycles. The van der Waals surface area contributed by atoms with Crippen LogP contribution in [-0.2, 0) is 0 Å². The molecule has 0 aromatic carbocycles. The van der Waals surface area contributed by atoms with Gasteiger partial charge in [-0.15, -0.1) is 11.3 Å². The van der Waals surface area contributed by atoms with E-state index in [2.05, 4.69) is 32.0 Å². The minimum Gasteiger partial charge on any atom is -0.337 e. The van der Waals surface area contributed by atoms with Crippen LogP contribution in [0.2, 0.25) is 0 Å². The monoisotopic (exact) mass is 348 g/mol. The van der Waals surface area contributed by atoms with Crippen molar-refractivity contribution in [1.82, 2.24) is 30.0 Å². The molecule has 3 rings (SSSR count). The molecule has 0 bridgehead atoms. The fraction of sp³-hybridized carbons (Fsp3) is 0.625. The molecule has 2 aromatic rings. The van der Waals surface area contributed by atoms with Crippen molar-refractivity contribution in [2.45, 2.75) is 39.2 Å².